The molecule has 7 nitrogen and oxygen atoms in total. The highest BCUT2D eigenvalue weighted by atomic mass is 16.4. The number of carboxylic acid groups (broad SMARTS) is 1. The van der Waals surface area contributed by atoms with Crippen LogP contribution in [0.25, 0.3) is 17.4 Å². The van der Waals surface area contributed by atoms with Crippen LogP contribution in [0.5, 0.6) is 0 Å². The number of nitrogens with zero attached hydrogens (tertiary/aromatic N) is 2. The van der Waals surface area contributed by atoms with E-state index in [2.05, 4.69) is 0 Å². The summed E-state index contributed by atoms with van der Waals surface area (Å²) in [5.74, 6) is -1.30. The Hall–Kier alpha value is -3.92. The summed E-state index contributed by atoms with van der Waals surface area (Å²) in [7, 11) is 1.32. The number of likely N-dealkylation sites (N-methyl/N-ethyl adjacent to an activating group) is 1. The van der Waals surface area contributed by atoms with E-state index in [1.54, 1.807) is 31.2 Å². The average Bonchev–Trinajstić information content (AvgIpc) is 3.13. The molecule has 1 aromatic heterocycles. The van der Waals surface area contributed by atoms with Crippen LogP contribution < -0.4 is 0 Å². The molecule has 1 N–H and O–H groups in total. The van der Waals surface area contributed by atoms with Crippen LogP contribution in [-0.2, 0) is 9.59 Å². The number of hydrogen-bond donors (Lipinski definition) is 1. The molecule has 0 bridgehead atoms. The molecular formula is C20H14N2O5. The normalized spacial score (nSPS) is 16.0. The topological polar surface area (TPSA) is 112 Å². The van der Waals surface area contributed by atoms with Gasteiger partial charge in [-0.05, 0) is 42.8 Å². The van der Waals surface area contributed by atoms with Crippen LogP contribution in [0.2, 0.25) is 0 Å². The molecule has 0 saturated carbocycles. The molecule has 0 unspecified atom stereocenters. The fourth-order valence-corrected chi connectivity index (χ4v) is 2.70. The highest BCUT2D eigenvalue weighted by Crippen LogP contribution is 2.28. The van der Waals surface area contributed by atoms with Crippen LogP contribution in [0.15, 0.2) is 57.5 Å². The van der Waals surface area contributed by atoms with E-state index in [0.29, 0.717) is 22.7 Å². The van der Waals surface area contributed by atoms with Gasteiger partial charge in [0.25, 0.3) is 11.8 Å². The highest BCUT2D eigenvalue weighted by molar-refractivity contribution is 6.19. The van der Waals surface area contributed by atoms with Gasteiger partial charge in [-0.25, -0.2) is 4.79 Å². The first-order valence-corrected chi connectivity index (χ1v) is 7.92. The Morgan fingerprint density at radius 2 is 1.81 bits per heavy atom. The number of hydrogen-bond acceptors (Lipinski definition) is 5. The number of imide groups is 1. The van der Waals surface area contributed by atoms with Crippen LogP contribution in [0.1, 0.15) is 23.0 Å². The minimum absolute atomic E-state index is 0.0839. The van der Waals surface area contributed by atoms with E-state index in [1.165, 1.54) is 25.3 Å². The number of nitriles is 1. The first kappa shape index (κ1) is 17.9. The SMILES string of the molecule is CC1=C(C#N)C(=O)N(C)C(=O)/C1=C\c1ccc(-c2ccc(C(=O)O)cc2)o1. The van der Waals surface area contributed by atoms with Crippen molar-refractivity contribution in [2.45, 2.75) is 6.92 Å². The van der Waals surface area contributed by atoms with Gasteiger partial charge < -0.3 is 9.52 Å². The van der Waals surface area contributed by atoms with Crippen molar-refractivity contribution in [3.05, 3.63) is 64.4 Å². The van der Waals surface area contributed by atoms with Crippen LogP contribution in [0.4, 0.5) is 0 Å². The molecule has 134 valence electrons. The molecule has 7 heteroatoms. The van der Waals surface area contributed by atoms with E-state index in [4.69, 9.17) is 9.52 Å². The summed E-state index contributed by atoms with van der Waals surface area (Å²) < 4.78 is 5.72. The third kappa shape index (κ3) is 3.16. The van der Waals surface area contributed by atoms with Gasteiger partial charge in [-0.2, -0.15) is 5.26 Å². The van der Waals surface area contributed by atoms with Crippen molar-refractivity contribution < 1.29 is 23.9 Å². The lowest BCUT2D eigenvalue weighted by Crippen LogP contribution is -2.39. The smallest absolute Gasteiger partial charge is 0.335 e. The van der Waals surface area contributed by atoms with E-state index in [-0.39, 0.29) is 16.7 Å². The molecule has 1 aliphatic heterocycles. The monoisotopic (exact) mass is 362 g/mol. The lowest BCUT2D eigenvalue weighted by atomic mass is 9.95. The molecule has 0 spiro atoms. The first-order valence-electron chi connectivity index (χ1n) is 7.92. The van der Waals surface area contributed by atoms with Gasteiger partial charge in [0.1, 0.15) is 23.2 Å². The molecule has 27 heavy (non-hydrogen) atoms. The maximum Gasteiger partial charge on any atom is 0.335 e. The molecule has 3 rings (SSSR count). The van der Waals surface area contributed by atoms with Crippen molar-refractivity contribution >= 4 is 23.9 Å². The second-order valence-corrected chi connectivity index (χ2v) is 5.92. The molecule has 2 aromatic rings. The predicted octanol–water partition coefficient (Wildman–Crippen LogP) is 2.87. The van der Waals surface area contributed by atoms with Gasteiger partial charge in [0.15, 0.2) is 0 Å². The molecule has 1 aliphatic rings. The second kappa shape index (κ2) is 6.77. The Balaban J connectivity index is 1.98. The number of carbonyl (C=O) groups is 3. The minimum atomic E-state index is -1.02. The number of rotatable bonds is 3. The zero-order valence-corrected chi connectivity index (χ0v) is 14.5. The largest absolute Gasteiger partial charge is 0.478 e. The predicted molar refractivity (Wildman–Crippen MR) is 95.2 cm³/mol. The Morgan fingerprint density at radius 1 is 1.15 bits per heavy atom. The van der Waals surface area contributed by atoms with E-state index in [1.807, 2.05) is 6.07 Å². The van der Waals surface area contributed by atoms with Crippen LogP contribution in [0.3, 0.4) is 0 Å². The van der Waals surface area contributed by atoms with Gasteiger partial charge in [-0.1, -0.05) is 12.1 Å². The fourth-order valence-electron chi connectivity index (χ4n) is 2.70. The summed E-state index contributed by atoms with van der Waals surface area (Å²) in [6.07, 6.45) is 1.48. The van der Waals surface area contributed by atoms with Crippen LogP contribution in [0, 0.1) is 11.3 Å². The summed E-state index contributed by atoms with van der Waals surface area (Å²) >= 11 is 0. The number of benzene rings is 1. The molecule has 0 atom stereocenters. The molecule has 0 aliphatic carbocycles. The molecule has 1 aromatic carbocycles. The number of carboxylic acids is 1. The van der Waals surface area contributed by atoms with E-state index in [0.717, 1.165) is 4.90 Å². The lowest BCUT2D eigenvalue weighted by molar-refractivity contribution is -0.138. The van der Waals surface area contributed by atoms with Gasteiger partial charge in [0, 0.05) is 18.2 Å². The fraction of sp³-hybridized carbons (Fsp3) is 0.100. The van der Waals surface area contributed by atoms with Crippen molar-refractivity contribution in [1.82, 2.24) is 4.90 Å². The summed E-state index contributed by atoms with van der Waals surface area (Å²) in [4.78, 5) is 36.2. The van der Waals surface area contributed by atoms with Gasteiger partial charge in [-0.15, -0.1) is 0 Å². The number of amides is 2. The molecule has 0 radical (unpaired) electrons. The summed E-state index contributed by atoms with van der Waals surface area (Å²) in [6, 6.07) is 11.3. The second-order valence-electron chi connectivity index (χ2n) is 5.92. The molecule has 2 amide bonds. The average molecular weight is 362 g/mol. The third-order valence-corrected chi connectivity index (χ3v) is 4.27. The van der Waals surface area contributed by atoms with Crippen LogP contribution >= 0.6 is 0 Å². The molecule has 0 saturated heterocycles. The van der Waals surface area contributed by atoms with Crippen molar-refractivity contribution in [3.8, 4) is 17.4 Å². The van der Waals surface area contributed by atoms with Crippen molar-refractivity contribution in [2.75, 3.05) is 7.05 Å². The zero-order valence-electron chi connectivity index (χ0n) is 14.5. The van der Waals surface area contributed by atoms with E-state index in [9.17, 15) is 19.6 Å². The van der Waals surface area contributed by atoms with Crippen molar-refractivity contribution in [1.29, 1.82) is 5.26 Å². The minimum Gasteiger partial charge on any atom is -0.478 e. The highest BCUT2D eigenvalue weighted by Gasteiger charge is 2.33. The van der Waals surface area contributed by atoms with Crippen molar-refractivity contribution in [2.24, 2.45) is 0 Å². The summed E-state index contributed by atoms with van der Waals surface area (Å²) in [5.41, 5.74) is 1.26. The van der Waals surface area contributed by atoms with Gasteiger partial charge in [0.2, 0.25) is 0 Å². The van der Waals surface area contributed by atoms with E-state index >= 15 is 0 Å². The molecular weight excluding hydrogens is 348 g/mol. The van der Waals surface area contributed by atoms with Crippen LogP contribution in [-0.4, -0.2) is 34.8 Å². The Kier molecular flexibility index (Phi) is 4.48. The lowest BCUT2D eigenvalue weighted by Gasteiger charge is -2.23. The van der Waals surface area contributed by atoms with Gasteiger partial charge in [0.05, 0.1) is 5.56 Å². The molecule has 2 heterocycles. The maximum absolute atomic E-state index is 12.4. The quantitative estimate of drug-likeness (QED) is 0.664. The Labute approximate surface area is 154 Å². The standard InChI is InChI=1S/C20H14N2O5/c1-11-15(18(23)22(2)19(24)16(11)10-21)9-14-7-8-17(27-14)12-3-5-13(6-4-12)20(25)26/h3-9H,1-2H3,(H,25,26)/b15-9-. The molecule has 0 fully saturated rings. The Bertz CT molecular complexity index is 1060. The third-order valence-electron chi connectivity index (χ3n) is 4.27. The van der Waals surface area contributed by atoms with Crippen molar-refractivity contribution in [3.63, 3.8) is 0 Å². The summed E-state index contributed by atoms with van der Waals surface area (Å²) in [6.45, 7) is 1.54. The van der Waals surface area contributed by atoms with E-state index < -0.39 is 17.8 Å². The van der Waals surface area contributed by atoms with Gasteiger partial charge >= 0.3 is 5.97 Å². The zero-order chi connectivity index (χ0) is 19.7. The number of carbonyl (C=O) groups excluding carboxylic acids is 2. The Morgan fingerprint density at radius 3 is 2.41 bits per heavy atom. The summed E-state index contributed by atoms with van der Waals surface area (Å²) in [5, 5.41) is 18.1. The number of furan rings is 1. The number of aromatic carboxylic acids is 1. The first-order chi connectivity index (χ1) is 12.8. The maximum atomic E-state index is 12.4. The van der Waals surface area contributed by atoms with Gasteiger partial charge in [-0.3, -0.25) is 14.5 Å².